The first-order chi connectivity index (χ1) is 5.65. The Labute approximate surface area is 75.9 Å². The van der Waals surface area contributed by atoms with Gasteiger partial charge in [0.1, 0.15) is 0 Å². The highest BCUT2D eigenvalue weighted by Crippen LogP contribution is 2.21. The summed E-state index contributed by atoms with van der Waals surface area (Å²) in [5.74, 6) is -0.202. The van der Waals surface area contributed by atoms with E-state index in [-0.39, 0.29) is 5.75 Å². The number of rotatable bonds is 2. The molecule has 66 valence electrons. The van der Waals surface area contributed by atoms with E-state index in [1.54, 1.807) is 6.07 Å². The van der Waals surface area contributed by atoms with Gasteiger partial charge in [0.25, 0.3) is 0 Å². The zero-order chi connectivity index (χ0) is 9.14. The number of hydrogen-bond donors (Lipinski definition) is 2. The van der Waals surface area contributed by atoms with Crippen molar-refractivity contribution in [2.45, 2.75) is 5.37 Å². The Bertz CT molecular complexity index is 278. The van der Waals surface area contributed by atoms with Crippen LogP contribution in [-0.2, 0) is 0 Å². The predicted molar refractivity (Wildman–Crippen MR) is 48.9 cm³/mol. The molecule has 12 heavy (non-hydrogen) atoms. The Kier molecular flexibility index (Phi) is 2.94. The second-order valence-electron chi connectivity index (χ2n) is 2.34. The van der Waals surface area contributed by atoms with Gasteiger partial charge in [-0.2, -0.15) is 12.6 Å². The molecule has 0 radical (unpaired) electrons. The van der Waals surface area contributed by atoms with Gasteiger partial charge in [-0.1, -0.05) is 6.07 Å². The average Bonchev–Trinajstić information content (AvgIpc) is 2.04. The van der Waals surface area contributed by atoms with E-state index >= 15 is 0 Å². The fraction of sp³-hybridized carbons (Fsp3) is 0.250. The van der Waals surface area contributed by atoms with Gasteiger partial charge in [-0.25, -0.2) is 4.39 Å². The molecule has 0 amide bonds. The van der Waals surface area contributed by atoms with E-state index in [9.17, 15) is 4.39 Å². The number of ether oxygens (including phenoxy) is 1. The first-order valence-corrected chi connectivity index (χ1v) is 3.94. The van der Waals surface area contributed by atoms with Gasteiger partial charge in [0.15, 0.2) is 11.6 Å². The SMILES string of the molecule is COc1ccc(C(N)S)cc1F. The van der Waals surface area contributed by atoms with Gasteiger partial charge in [-0.3, -0.25) is 0 Å². The van der Waals surface area contributed by atoms with Gasteiger partial charge in [0.2, 0.25) is 0 Å². The lowest BCUT2D eigenvalue weighted by Gasteiger charge is -2.06. The molecule has 1 aromatic carbocycles. The number of benzene rings is 1. The molecule has 2 nitrogen and oxygen atoms in total. The highest BCUT2D eigenvalue weighted by molar-refractivity contribution is 7.80. The molecular weight excluding hydrogens is 177 g/mol. The van der Waals surface area contributed by atoms with Gasteiger partial charge in [-0.05, 0) is 17.7 Å². The molecule has 0 aliphatic carbocycles. The fourth-order valence-electron chi connectivity index (χ4n) is 0.867. The van der Waals surface area contributed by atoms with Gasteiger partial charge >= 0.3 is 0 Å². The van der Waals surface area contributed by atoms with Crippen LogP contribution in [0.3, 0.4) is 0 Å². The van der Waals surface area contributed by atoms with Crippen molar-refractivity contribution in [2.24, 2.45) is 5.73 Å². The third-order valence-corrected chi connectivity index (χ3v) is 1.82. The number of hydrogen-bond acceptors (Lipinski definition) is 3. The highest BCUT2D eigenvalue weighted by Gasteiger charge is 2.05. The minimum absolute atomic E-state index is 0.215. The first-order valence-electron chi connectivity index (χ1n) is 3.42. The van der Waals surface area contributed by atoms with E-state index in [0.29, 0.717) is 5.56 Å². The third-order valence-electron chi connectivity index (χ3n) is 1.52. The van der Waals surface area contributed by atoms with Crippen LogP contribution in [0.15, 0.2) is 18.2 Å². The van der Waals surface area contributed by atoms with Crippen LogP contribution in [-0.4, -0.2) is 7.11 Å². The summed E-state index contributed by atoms with van der Waals surface area (Å²) in [6, 6.07) is 4.52. The van der Waals surface area contributed by atoms with Crippen LogP contribution >= 0.6 is 12.6 Å². The molecule has 0 saturated heterocycles. The maximum absolute atomic E-state index is 13.0. The molecule has 1 unspecified atom stereocenters. The molecule has 0 heterocycles. The van der Waals surface area contributed by atoms with Crippen molar-refractivity contribution in [2.75, 3.05) is 7.11 Å². The molecule has 0 bridgehead atoms. The highest BCUT2D eigenvalue weighted by atomic mass is 32.1. The molecule has 2 N–H and O–H groups in total. The van der Waals surface area contributed by atoms with E-state index in [0.717, 1.165) is 0 Å². The summed E-state index contributed by atoms with van der Waals surface area (Å²) in [5.41, 5.74) is 6.07. The summed E-state index contributed by atoms with van der Waals surface area (Å²) in [7, 11) is 1.42. The largest absolute Gasteiger partial charge is 0.494 e. The molecule has 1 aromatic rings. The normalized spacial score (nSPS) is 12.7. The number of thiol groups is 1. The zero-order valence-electron chi connectivity index (χ0n) is 6.62. The molecule has 1 atom stereocenters. The van der Waals surface area contributed by atoms with Crippen LogP contribution in [0.25, 0.3) is 0 Å². The summed E-state index contributed by atoms with van der Waals surface area (Å²) in [6.07, 6.45) is 0. The molecule has 0 fully saturated rings. The van der Waals surface area contributed by atoms with E-state index in [1.165, 1.54) is 19.2 Å². The van der Waals surface area contributed by atoms with Gasteiger partial charge < -0.3 is 10.5 Å². The summed E-state index contributed by atoms with van der Waals surface area (Å²) < 4.78 is 17.7. The molecule has 1 rings (SSSR count). The van der Waals surface area contributed by atoms with E-state index in [1.807, 2.05) is 0 Å². The zero-order valence-corrected chi connectivity index (χ0v) is 7.51. The third kappa shape index (κ3) is 1.89. The Balaban J connectivity index is 3.02. The molecule has 0 aliphatic rings. The Morgan fingerprint density at radius 1 is 1.58 bits per heavy atom. The standard InChI is InChI=1S/C8H10FNOS/c1-11-7-3-2-5(8(10)12)4-6(7)9/h2-4,8,12H,10H2,1H3. The molecule has 0 saturated carbocycles. The van der Waals surface area contributed by atoms with Crippen molar-refractivity contribution in [3.8, 4) is 5.75 Å². The molecule has 0 aliphatic heterocycles. The predicted octanol–water partition coefficient (Wildman–Crippen LogP) is 1.72. The molecule has 4 heteroatoms. The number of methoxy groups -OCH3 is 1. The molecule has 0 spiro atoms. The van der Waals surface area contributed by atoms with Gasteiger partial charge in [-0.15, -0.1) is 0 Å². The minimum atomic E-state index is -0.453. The fourth-order valence-corrected chi connectivity index (χ4v) is 1.03. The van der Waals surface area contributed by atoms with Crippen molar-refractivity contribution < 1.29 is 9.13 Å². The van der Waals surface area contributed by atoms with Crippen LogP contribution in [0.1, 0.15) is 10.9 Å². The Hall–Kier alpha value is -0.740. The minimum Gasteiger partial charge on any atom is -0.494 e. The molecule has 0 aromatic heterocycles. The van der Waals surface area contributed by atoms with Crippen molar-refractivity contribution in [3.05, 3.63) is 29.6 Å². The maximum Gasteiger partial charge on any atom is 0.165 e. The average molecular weight is 187 g/mol. The smallest absolute Gasteiger partial charge is 0.165 e. The van der Waals surface area contributed by atoms with Crippen molar-refractivity contribution in [1.82, 2.24) is 0 Å². The quantitative estimate of drug-likeness (QED) is 0.546. The number of nitrogens with two attached hydrogens (primary N) is 1. The first kappa shape index (κ1) is 9.35. The van der Waals surface area contributed by atoms with Crippen molar-refractivity contribution >= 4 is 12.6 Å². The van der Waals surface area contributed by atoms with E-state index in [2.05, 4.69) is 12.6 Å². The van der Waals surface area contributed by atoms with Crippen molar-refractivity contribution in [1.29, 1.82) is 0 Å². The lowest BCUT2D eigenvalue weighted by Crippen LogP contribution is -2.02. The number of halogens is 1. The Morgan fingerprint density at radius 3 is 2.67 bits per heavy atom. The summed E-state index contributed by atoms with van der Waals surface area (Å²) in [6.45, 7) is 0. The molecular formula is C8H10FNOS. The second kappa shape index (κ2) is 3.78. The summed E-state index contributed by atoms with van der Waals surface area (Å²) in [4.78, 5) is 0. The topological polar surface area (TPSA) is 35.2 Å². The summed E-state index contributed by atoms with van der Waals surface area (Å²) in [5, 5.41) is -0.453. The second-order valence-corrected chi connectivity index (χ2v) is 2.90. The van der Waals surface area contributed by atoms with Crippen LogP contribution < -0.4 is 10.5 Å². The lowest BCUT2D eigenvalue weighted by molar-refractivity contribution is 0.386. The van der Waals surface area contributed by atoms with Crippen molar-refractivity contribution in [3.63, 3.8) is 0 Å². The lowest BCUT2D eigenvalue weighted by atomic mass is 10.2. The summed E-state index contributed by atoms with van der Waals surface area (Å²) >= 11 is 3.97. The monoisotopic (exact) mass is 187 g/mol. The van der Waals surface area contributed by atoms with Crippen LogP contribution in [0.5, 0.6) is 5.75 Å². The van der Waals surface area contributed by atoms with Gasteiger partial charge in [0, 0.05) is 0 Å². The van der Waals surface area contributed by atoms with E-state index < -0.39 is 11.2 Å². The maximum atomic E-state index is 13.0. The van der Waals surface area contributed by atoms with Crippen LogP contribution in [0.4, 0.5) is 4.39 Å². The van der Waals surface area contributed by atoms with E-state index in [4.69, 9.17) is 10.5 Å². The van der Waals surface area contributed by atoms with Gasteiger partial charge in [0.05, 0.1) is 12.5 Å². The van der Waals surface area contributed by atoms with Crippen LogP contribution in [0, 0.1) is 5.82 Å². The van der Waals surface area contributed by atoms with Crippen LogP contribution in [0.2, 0.25) is 0 Å². The Morgan fingerprint density at radius 2 is 2.25 bits per heavy atom.